The van der Waals surface area contributed by atoms with Gasteiger partial charge in [-0.25, -0.2) is 0 Å². The van der Waals surface area contributed by atoms with E-state index in [2.05, 4.69) is 22.5 Å². The highest BCUT2D eigenvalue weighted by Gasteiger charge is 2.25. The lowest BCUT2D eigenvalue weighted by molar-refractivity contribution is 0.277. The van der Waals surface area contributed by atoms with Gasteiger partial charge in [-0.05, 0) is 38.1 Å². The van der Waals surface area contributed by atoms with E-state index in [0.29, 0.717) is 30.5 Å². The second-order valence-electron chi connectivity index (χ2n) is 5.65. The van der Waals surface area contributed by atoms with E-state index in [1.54, 1.807) is 12.3 Å². The Labute approximate surface area is 128 Å². The molecule has 2 aromatic rings. The van der Waals surface area contributed by atoms with Gasteiger partial charge < -0.3 is 15.1 Å². The molecule has 118 valence electrons. The Kier molecular flexibility index (Phi) is 4.29. The summed E-state index contributed by atoms with van der Waals surface area (Å²) in [6.45, 7) is 5.37. The van der Waals surface area contributed by atoms with Crippen LogP contribution < -0.4 is 21.5 Å². The third-order valence-corrected chi connectivity index (χ3v) is 4.35. The number of furan rings is 1. The average Bonchev–Trinajstić information content (AvgIpc) is 3.20. The highest BCUT2D eigenvalue weighted by atomic mass is 16.3. The number of hydrogen-bond acceptors (Lipinski definition) is 6. The molecule has 1 fully saturated rings. The van der Waals surface area contributed by atoms with Gasteiger partial charge in [0.05, 0.1) is 12.8 Å². The summed E-state index contributed by atoms with van der Waals surface area (Å²) in [5.74, 6) is 0.729. The van der Waals surface area contributed by atoms with E-state index in [4.69, 9.17) is 4.42 Å². The Hall–Kier alpha value is -2.08. The summed E-state index contributed by atoms with van der Waals surface area (Å²) in [5.41, 5.74) is -0.0854. The van der Waals surface area contributed by atoms with Crippen LogP contribution in [0.5, 0.6) is 0 Å². The second kappa shape index (κ2) is 6.36. The Morgan fingerprint density at radius 2 is 2.05 bits per heavy atom. The van der Waals surface area contributed by atoms with Gasteiger partial charge in [0.2, 0.25) is 0 Å². The number of rotatable bonds is 7. The molecule has 0 spiro atoms. The van der Waals surface area contributed by atoms with Crippen molar-refractivity contribution in [2.24, 2.45) is 0 Å². The maximum atomic E-state index is 11.7. The topological polar surface area (TPSA) is 74.6 Å². The van der Waals surface area contributed by atoms with Crippen molar-refractivity contribution in [2.75, 3.05) is 30.3 Å². The van der Waals surface area contributed by atoms with E-state index in [1.165, 1.54) is 6.42 Å². The fourth-order valence-corrected chi connectivity index (χ4v) is 3.08. The first kappa shape index (κ1) is 14.8. The molecule has 6 nitrogen and oxygen atoms in total. The van der Waals surface area contributed by atoms with Gasteiger partial charge in [-0.2, -0.15) is 0 Å². The van der Waals surface area contributed by atoms with Crippen LogP contribution in [0.4, 0.5) is 11.4 Å². The van der Waals surface area contributed by atoms with Gasteiger partial charge >= 0.3 is 0 Å². The number of anilines is 2. The number of nitrogens with one attached hydrogen (secondary N) is 2. The summed E-state index contributed by atoms with van der Waals surface area (Å²) in [4.78, 5) is 25.8. The molecule has 1 saturated heterocycles. The van der Waals surface area contributed by atoms with E-state index >= 15 is 0 Å². The molecule has 0 saturated carbocycles. The van der Waals surface area contributed by atoms with Crippen molar-refractivity contribution in [1.82, 2.24) is 4.90 Å². The molecule has 2 heterocycles. The predicted molar refractivity (Wildman–Crippen MR) is 86.1 cm³/mol. The van der Waals surface area contributed by atoms with Crippen LogP contribution in [0.25, 0.3) is 0 Å². The van der Waals surface area contributed by atoms with Crippen molar-refractivity contribution in [2.45, 2.75) is 32.4 Å². The first-order valence-electron chi connectivity index (χ1n) is 7.78. The lowest BCUT2D eigenvalue weighted by atomic mass is 10.1. The summed E-state index contributed by atoms with van der Waals surface area (Å²) in [6, 6.07) is 4.05. The normalized spacial score (nSPS) is 18.9. The van der Waals surface area contributed by atoms with Crippen LogP contribution in [-0.4, -0.2) is 30.6 Å². The number of hydrogen-bond donors (Lipinski definition) is 2. The van der Waals surface area contributed by atoms with Crippen LogP contribution in [0, 0.1) is 0 Å². The molecule has 1 unspecified atom stereocenters. The molecule has 2 N–H and O–H groups in total. The fraction of sp³-hybridized carbons (Fsp3) is 0.500. The van der Waals surface area contributed by atoms with Gasteiger partial charge in [0.1, 0.15) is 17.1 Å². The van der Waals surface area contributed by atoms with Crippen molar-refractivity contribution in [3.8, 4) is 0 Å². The number of likely N-dealkylation sites (N-methyl/N-ethyl adjacent to an activating group) is 1. The highest BCUT2D eigenvalue weighted by molar-refractivity contribution is 5.73. The van der Waals surface area contributed by atoms with Gasteiger partial charge in [-0.15, -0.1) is 0 Å². The van der Waals surface area contributed by atoms with Gasteiger partial charge in [0.25, 0.3) is 10.9 Å². The average molecular weight is 303 g/mol. The minimum absolute atomic E-state index is 0.377. The smallest absolute Gasteiger partial charge is 0.253 e. The van der Waals surface area contributed by atoms with Gasteiger partial charge in [0, 0.05) is 12.6 Å². The summed E-state index contributed by atoms with van der Waals surface area (Å²) in [7, 11) is 0. The molecule has 0 amide bonds. The maximum Gasteiger partial charge on any atom is 0.253 e. The van der Waals surface area contributed by atoms with E-state index in [1.807, 2.05) is 6.07 Å². The van der Waals surface area contributed by atoms with Crippen LogP contribution in [0.15, 0.2) is 32.4 Å². The molecule has 0 radical (unpaired) electrons. The van der Waals surface area contributed by atoms with Crippen molar-refractivity contribution >= 4 is 11.4 Å². The Bertz CT molecular complexity index is 686. The van der Waals surface area contributed by atoms with Crippen LogP contribution >= 0.6 is 0 Å². The zero-order valence-electron chi connectivity index (χ0n) is 12.7. The van der Waals surface area contributed by atoms with Crippen LogP contribution in [0.1, 0.15) is 25.5 Å². The van der Waals surface area contributed by atoms with E-state index in [0.717, 1.165) is 25.3 Å². The molecule has 1 aliphatic rings. The van der Waals surface area contributed by atoms with Crippen molar-refractivity contribution in [1.29, 1.82) is 0 Å². The van der Waals surface area contributed by atoms with Crippen LogP contribution in [0.3, 0.4) is 0 Å². The molecule has 0 bridgehead atoms. The predicted octanol–water partition coefficient (Wildman–Crippen LogP) is 1.38. The first-order valence-corrected chi connectivity index (χ1v) is 7.78. The molecular weight excluding hydrogens is 282 g/mol. The quantitative estimate of drug-likeness (QED) is 0.753. The lowest BCUT2D eigenvalue weighted by Gasteiger charge is -2.24. The molecule has 3 rings (SSSR count). The Balaban J connectivity index is 1.60. The van der Waals surface area contributed by atoms with E-state index in [9.17, 15) is 9.59 Å². The third-order valence-electron chi connectivity index (χ3n) is 4.35. The highest BCUT2D eigenvalue weighted by Crippen LogP contribution is 2.20. The van der Waals surface area contributed by atoms with Crippen molar-refractivity contribution in [3.63, 3.8) is 0 Å². The Morgan fingerprint density at radius 1 is 1.27 bits per heavy atom. The number of likely N-dealkylation sites (tertiary alicyclic amines) is 1. The standard InChI is InChI=1S/C16H21N3O3/c1-2-19-7-3-5-11(19)9-17-13-14(16(21)15(13)20)18-10-12-6-4-8-22-12/h4,6,8,11,17-18H,2-3,5,7,9-10H2,1H3. The summed E-state index contributed by atoms with van der Waals surface area (Å²) in [5, 5.41) is 6.15. The SMILES string of the molecule is CCN1CCCC1CNc1c(NCc2ccco2)c(=O)c1=O. The largest absolute Gasteiger partial charge is 0.467 e. The Morgan fingerprint density at radius 3 is 2.73 bits per heavy atom. The van der Waals surface area contributed by atoms with Crippen molar-refractivity contribution < 1.29 is 4.42 Å². The molecule has 1 aromatic carbocycles. The van der Waals surface area contributed by atoms with E-state index < -0.39 is 10.9 Å². The summed E-state index contributed by atoms with van der Waals surface area (Å²) < 4.78 is 5.21. The van der Waals surface area contributed by atoms with Gasteiger partial charge in [-0.3, -0.25) is 14.5 Å². The first-order chi connectivity index (χ1) is 10.7. The molecule has 1 aliphatic heterocycles. The summed E-state index contributed by atoms with van der Waals surface area (Å²) in [6.07, 6.45) is 3.90. The van der Waals surface area contributed by atoms with E-state index in [-0.39, 0.29) is 0 Å². The second-order valence-corrected chi connectivity index (χ2v) is 5.65. The molecule has 1 aromatic heterocycles. The summed E-state index contributed by atoms with van der Waals surface area (Å²) >= 11 is 0. The molecular formula is C16H21N3O3. The van der Waals surface area contributed by atoms with Gasteiger partial charge in [0.15, 0.2) is 0 Å². The van der Waals surface area contributed by atoms with Crippen LogP contribution in [0.2, 0.25) is 0 Å². The molecule has 0 aliphatic carbocycles. The monoisotopic (exact) mass is 303 g/mol. The maximum absolute atomic E-state index is 11.7. The van der Waals surface area contributed by atoms with Crippen molar-refractivity contribution in [3.05, 3.63) is 44.6 Å². The zero-order chi connectivity index (χ0) is 15.5. The minimum atomic E-state index is -0.451. The molecule has 22 heavy (non-hydrogen) atoms. The molecule has 6 heteroatoms. The zero-order valence-corrected chi connectivity index (χ0v) is 12.7. The molecule has 1 atom stereocenters. The lowest BCUT2D eigenvalue weighted by Crippen LogP contribution is -2.41. The fourth-order valence-electron chi connectivity index (χ4n) is 3.08. The number of nitrogens with zero attached hydrogens (tertiary/aromatic N) is 1. The van der Waals surface area contributed by atoms with Gasteiger partial charge in [-0.1, -0.05) is 6.92 Å². The van der Waals surface area contributed by atoms with Crippen LogP contribution in [-0.2, 0) is 6.54 Å². The minimum Gasteiger partial charge on any atom is -0.467 e. The third kappa shape index (κ3) is 2.78.